The molecule has 0 radical (unpaired) electrons. The van der Waals surface area contributed by atoms with Crippen molar-refractivity contribution < 1.29 is 9.59 Å². The molecule has 1 aliphatic heterocycles. The van der Waals surface area contributed by atoms with Crippen LogP contribution >= 0.6 is 11.6 Å². The van der Waals surface area contributed by atoms with E-state index in [1.54, 1.807) is 0 Å². The maximum atomic E-state index is 12.9. The largest absolute Gasteiger partial charge is 0.367 e. The Bertz CT molecular complexity index is 754. The van der Waals surface area contributed by atoms with Gasteiger partial charge in [-0.3, -0.25) is 14.5 Å². The van der Waals surface area contributed by atoms with Crippen molar-refractivity contribution in [3.05, 3.63) is 40.9 Å². The van der Waals surface area contributed by atoms with Crippen LogP contribution in [0.3, 0.4) is 0 Å². The minimum absolute atomic E-state index is 0.000378. The van der Waals surface area contributed by atoms with Crippen LogP contribution in [0.2, 0.25) is 5.02 Å². The van der Waals surface area contributed by atoms with E-state index < -0.39 is 0 Å². The zero-order chi connectivity index (χ0) is 16.6. The molecule has 1 N–H and O–H groups in total. The average Bonchev–Trinajstić information content (AvgIpc) is 3.35. The Kier molecular flexibility index (Phi) is 2.94. The first-order valence-electron chi connectivity index (χ1n) is 8.60. The van der Waals surface area contributed by atoms with Gasteiger partial charge in [-0.05, 0) is 54.7 Å². The van der Waals surface area contributed by atoms with Crippen molar-refractivity contribution in [2.45, 2.75) is 13.3 Å². The number of amides is 2. The summed E-state index contributed by atoms with van der Waals surface area (Å²) in [6.07, 6.45) is 5.58. The van der Waals surface area contributed by atoms with Crippen LogP contribution in [0.5, 0.6) is 0 Å². The first kappa shape index (κ1) is 14.5. The fourth-order valence-corrected chi connectivity index (χ4v) is 5.23. The van der Waals surface area contributed by atoms with Gasteiger partial charge in [0.2, 0.25) is 11.8 Å². The number of aryl methyl sites for hydroxylation is 1. The number of anilines is 1. The smallest absolute Gasteiger partial charge is 0.235 e. The Balaban J connectivity index is 1.36. The van der Waals surface area contributed by atoms with E-state index >= 15 is 0 Å². The summed E-state index contributed by atoms with van der Waals surface area (Å²) in [7, 11) is 0. The van der Waals surface area contributed by atoms with Crippen molar-refractivity contribution in [3.63, 3.8) is 0 Å². The van der Waals surface area contributed by atoms with Gasteiger partial charge < -0.3 is 5.32 Å². The van der Waals surface area contributed by atoms with Gasteiger partial charge in [-0.1, -0.05) is 29.8 Å². The summed E-state index contributed by atoms with van der Waals surface area (Å²) in [5.74, 6) is 1.59. The monoisotopic (exact) mass is 342 g/mol. The van der Waals surface area contributed by atoms with E-state index in [1.807, 2.05) is 25.1 Å². The molecule has 6 atom stereocenters. The quantitative estimate of drug-likeness (QED) is 0.678. The van der Waals surface area contributed by atoms with Crippen molar-refractivity contribution in [1.82, 2.24) is 4.90 Å². The number of imide groups is 1. The highest BCUT2D eigenvalue weighted by Crippen LogP contribution is 2.65. The molecule has 4 nitrogen and oxygen atoms in total. The molecule has 24 heavy (non-hydrogen) atoms. The lowest BCUT2D eigenvalue weighted by molar-refractivity contribution is -0.139. The summed E-state index contributed by atoms with van der Waals surface area (Å²) in [4.78, 5) is 27.1. The zero-order valence-electron chi connectivity index (χ0n) is 13.4. The maximum Gasteiger partial charge on any atom is 0.235 e. The van der Waals surface area contributed by atoms with E-state index in [2.05, 4.69) is 17.5 Å². The Morgan fingerprint density at radius 1 is 1.12 bits per heavy atom. The minimum atomic E-state index is -0.125. The normalized spacial score (nSPS) is 38.3. The lowest BCUT2D eigenvalue weighted by Gasteiger charge is -2.37. The molecule has 5 heteroatoms. The van der Waals surface area contributed by atoms with E-state index in [9.17, 15) is 9.59 Å². The van der Waals surface area contributed by atoms with Crippen molar-refractivity contribution in [2.75, 3.05) is 12.0 Å². The highest BCUT2D eigenvalue weighted by molar-refractivity contribution is 6.31. The van der Waals surface area contributed by atoms with Gasteiger partial charge in [-0.2, -0.15) is 0 Å². The molecule has 6 rings (SSSR count). The molecule has 124 valence electrons. The Morgan fingerprint density at radius 2 is 1.75 bits per heavy atom. The van der Waals surface area contributed by atoms with Crippen LogP contribution in [0.1, 0.15) is 12.0 Å². The van der Waals surface area contributed by atoms with Crippen LogP contribution in [0, 0.1) is 42.4 Å². The molecule has 0 unspecified atom stereocenters. The number of benzene rings is 1. The molecule has 1 saturated heterocycles. The summed E-state index contributed by atoms with van der Waals surface area (Å²) in [6.45, 7) is 2.16. The van der Waals surface area contributed by atoms with Crippen LogP contribution in [0.15, 0.2) is 30.4 Å². The number of carbonyl (C=O) groups is 2. The summed E-state index contributed by atoms with van der Waals surface area (Å²) >= 11 is 6.14. The number of hydrogen-bond donors (Lipinski definition) is 1. The number of carbonyl (C=O) groups excluding carboxylic acids is 2. The predicted octanol–water partition coefficient (Wildman–Crippen LogP) is 3.07. The summed E-state index contributed by atoms with van der Waals surface area (Å²) in [5.41, 5.74) is 1.83. The lowest BCUT2D eigenvalue weighted by Crippen LogP contribution is -2.40. The number of nitrogens with zero attached hydrogens (tertiary/aromatic N) is 1. The van der Waals surface area contributed by atoms with Gasteiger partial charge in [0.15, 0.2) is 0 Å². The van der Waals surface area contributed by atoms with Gasteiger partial charge >= 0.3 is 0 Å². The van der Waals surface area contributed by atoms with Gasteiger partial charge in [0.05, 0.1) is 18.5 Å². The van der Waals surface area contributed by atoms with E-state index in [1.165, 1.54) is 11.3 Å². The molecule has 1 aromatic rings. The maximum absolute atomic E-state index is 12.9. The third kappa shape index (κ3) is 1.86. The number of likely N-dealkylation sites (tertiary alicyclic amines) is 1. The standard InChI is InChI=1S/C19H19ClN2O2/c1-9-2-3-10(6-15(9)20)21-8-22-18(23)16-11-4-5-12(14-7-13(11)14)17(16)19(22)24/h2-6,11-14,16-17,21H,7-8H2,1H3/t11-,12-,13-,14-,16-,17+/m1/s1. The van der Waals surface area contributed by atoms with Gasteiger partial charge in [0.1, 0.15) is 0 Å². The molecular formula is C19H19ClN2O2. The second-order valence-electron chi connectivity index (χ2n) is 7.56. The number of nitrogens with one attached hydrogen (secondary N) is 1. The predicted molar refractivity (Wildman–Crippen MR) is 91.2 cm³/mol. The van der Waals surface area contributed by atoms with Crippen molar-refractivity contribution in [2.24, 2.45) is 35.5 Å². The Hall–Kier alpha value is -1.81. The zero-order valence-corrected chi connectivity index (χ0v) is 14.2. The fraction of sp³-hybridized carbons (Fsp3) is 0.474. The molecule has 4 aliphatic carbocycles. The summed E-state index contributed by atoms with van der Waals surface area (Å²) in [5, 5.41) is 3.85. The third-order valence-corrected chi connectivity index (χ3v) is 6.77. The van der Waals surface area contributed by atoms with E-state index in [0.717, 1.165) is 11.3 Å². The van der Waals surface area contributed by atoms with Crippen LogP contribution in [-0.2, 0) is 9.59 Å². The van der Waals surface area contributed by atoms with Crippen molar-refractivity contribution in [3.8, 4) is 0 Å². The number of rotatable bonds is 3. The number of hydrogen-bond acceptors (Lipinski definition) is 3. The molecule has 1 heterocycles. The topological polar surface area (TPSA) is 49.4 Å². The van der Waals surface area contributed by atoms with Crippen molar-refractivity contribution >= 4 is 29.1 Å². The molecule has 5 aliphatic rings. The summed E-state index contributed by atoms with van der Waals surface area (Å²) < 4.78 is 0. The molecule has 3 fully saturated rings. The fourth-order valence-electron chi connectivity index (χ4n) is 5.05. The van der Waals surface area contributed by atoms with Crippen molar-refractivity contribution in [1.29, 1.82) is 0 Å². The van der Waals surface area contributed by atoms with Gasteiger partial charge in [-0.15, -0.1) is 0 Å². The lowest BCUT2D eigenvalue weighted by atomic mass is 9.63. The number of halogens is 1. The minimum Gasteiger partial charge on any atom is -0.367 e. The molecule has 2 amide bonds. The molecule has 0 aromatic heterocycles. The highest BCUT2D eigenvalue weighted by Gasteiger charge is 2.66. The first-order chi connectivity index (χ1) is 11.6. The van der Waals surface area contributed by atoms with Gasteiger partial charge in [0.25, 0.3) is 0 Å². The molecule has 0 spiro atoms. The van der Waals surface area contributed by atoms with E-state index in [-0.39, 0.29) is 42.2 Å². The first-order valence-corrected chi connectivity index (χ1v) is 8.97. The molecular weight excluding hydrogens is 324 g/mol. The second kappa shape index (κ2) is 4.85. The van der Waals surface area contributed by atoms with Gasteiger partial charge in [0, 0.05) is 10.7 Å². The van der Waals surface area contributed by atoms with Crippen LogP contribution in [-0.4, -0.2) is 23.4 Å². The molecule has 2 saturated carbocycles. The highest BCUT2D eigenvalue weighted by atomic mass is 35.5. The van der Waals surface area contributed by atoms with Crippen LogP contribution < -0.4 is 5.32 Å². The number of allylic oxidation sites excluding steroid dienone is 2. The SMILES string of the molecule is Cc1ccc(NCN2C(=O)[C@@H]3[C@@H]4C=C[C@H]([C@H]5C[C@H]45)[C@@H]3C2=O)cc1Cl. The van der Waals surface area contributed by atoms with Gasteiger partial charge in [-0.25, -0.2) is 0 Å². The Labute approximate surface area is 145 Å². The average molecular weight is 343 g/mol. The Morgan fingerprint density at radius 3 is 2.33 bits per heavy atom. The molecule has 2 bridgehead atoms. The van der Waals surface area contributed by atoms with E-state index in [0.29, 0.717) is 16.9 Å². The summed E-state index contributed by atoms with van der Waals surface area (Å²) in [6, 6.07) is 5.67. The molecule has 1 aromatic carbocycles. The third-order valence-electron chi connectivity index (χ3n) is 6.37. The van der Waals surface area contributed by atoms with Crippen LogP contribution in [0.4, 0.5) is 5.69 Å². The van der Waals surface area contributed by atoms with Crippen LogP contribution in [0.25, 0.3) is 0 Å². The second-order valence-corrected chi connectivity index (χ2v) is 7.97. The van der Waals surface area contributed by atoms with E-state index in [4.69, 9.17) is 11.6 Å².